The van der Waals surface area contributed by atoms with Crippen LogP contribution in [-0.2, 0) is 11.3 Å². The van der Waals surface area contributed by atoms with Gasteiger partial charge in [0.15, 0.2) is 4.96 Å². The minimum Gasteiger partial charge on any atom is -0.383 e. The van der Waals surface area contributed by atoms with Gasteiger partial charge in [-0.15, -0.1) is 0 Å². The van der Waals surface area contributed by atoms with Crippen molar-refractivity contribution in [3.63, 3.8) is 0 Å². The maximum absolute atomic E-state index is 12.8. The van der Waals surface area contributed by atoms with E-state index < -0.39 is 0 Å². The van der Waals surface area contributed by atoms with Crippen molar-refractivity contribution in [2.24, 2.45) is 0 Å². The van der Waals surface area contributed by atoms with Crippen LogP contribution in [0.15, 0.2) is 54.9 Å². The first-order valence-electron chi connectivity index (χ1n) is 9.66. The molecule has 1 aromatic carbocycles. The number of imidazole rings is 1. The molecule has 0 aliphatic carbocycles. The number of methoxy groups -OCH3 is 1. The first-order chi connectivity index (χ1) is 14.7. The molecule has 0 fully saturated rings. The predicted molar refractivity (Wildman–Crippen MR) is 119 cm³/mol. The first kappa shape index (κ1) is 20.1. The number of hydrogen-bond donors (Lipinski definition) is 2. The molecule has 0 aliphatic heterocycles. The number of carbonyl (C=O) groups is 1. The number of aromatic nitrogens is 3. The van der Waals surface area contributed by atoms with Crippen LogP contribution in [-0.4, -0.2) is 40.5 Å². The maximum Gasteiger partial charge on any atom is 0.263 e. The number of pyridine rings is 1. The Balaban J connectivity index is 1.66. The molecule has 0 atom stereocenters. The number of benzene rings is 1. The van der Waals surface area contributed by atoms with Gasteiger partial charge in [0.25, 0.3) is 5.91 Å². The van der Waals surface area contributed by atoms with Gasteiger partial charge in [0.2, 0.25) is 0 Å². The predicted octanol–water partition coefficient (Wildman–Crippen LogP) is 3.75. The van der Waals surface area contributed by atoms with Crippen LogP contribution in [0.5, 0.6) is 0 Å². The number of nitrogens with one attached hydrogen (secondary N) is 2. The van der Waals surface area contributed by atoms with Gasteiger partial charge in [-0.3, -0.25) is 14.2 Å². The molecule has 3 aromatic heterocycles. The molecule has 0 spiro atoms. The van der Waals surface area contributed by atoms with E-state index in [0.717, 1.165) is 33.3 Å². The minimum absolute atomic E-state index is 0.115. The van der Waals surface area contributed by atoms with Crippen molar-refractivity contribution in [3.05, 3.63) is 71.0 Å². The maximum atomic E-state index is 12.8. The molecule has 0 bridgehead atoms. The molecule has 4 aromatic rings. The Morgan fingerprint density at radius 2 is 2.03 bits per heavy atom. The summed E-state index contributed by atoms with van der Waals surface area (Å²) in [5.74, 6) is 0.754. The third-order valence-corrected chi connectivity index (χ3v) is 5.87. The summed E-state index contributed by atoms with van der Waals surface area (Å²) in [6.07, 6.45) is 3.46. The topological polar surface area (TPSA) is 80.5 Å². The van der Waals surface area contributed by atoms with Crippen molar-refractivity contribution < 1.29 is 9.53 Å². The summed E-state index contributed by atoms with van der Waals surface area (Å²) in [7, 11) is 1.67. The zero-order valence-electron chi connectivity index (χ0n) is 16.9. The monoisotopic (exact) mass is 421 g/mol. The highest BCUT2D eigenvalue weighted by Gasteiger charge is 2.22. The molecule has 0 unspecified atom stereocenters. The summed E-state index contributed by atoms with van der Waals surface area (Å²) in [5, 5.41) is 6.40. The van der Waals surface area contributed by atoms with Crippen molar-refractivity contribution in [2.75, 3.05) is 25.6 Å². The van der Waals surface area contributed by atoms with Crippen LogP contribution in [0.3, 0.4) is 0 Å². The largest absolute Gasteiger partial charge is 0.383 e. The molecular weight excluding hydrogens is 398 g/mol. The number of amides is 1. The lowest BCUT2D eigenvalue weighted by Gasteiger charge is -2.09. The van der Waals surface area contributed by atoms with E-state index in [9.17, 15) is 4.79 Å². The average Bonchev–Trinajstić information content (AvgIpc) is 3.30. The van der Waals surface area contributed by atoms with Gasteiger partial charge in [-0.25, -0.2) is 4.98 Å². The lowest BCUT2D eigenvalue weighted by atomic mass is 10.1. The molecule has 8 heteroatoms. The summed E-state index contributed by atoms with van der Waals surface area (Å²) < 4.78 is 7.20. The van der Waals surface area contributed by atoms with Crippen molar-refractivity contribution in [3.8, 4) is 11.3 Å². The van der Waals surface area contributed by atoms with Crippen molar-refractivity contribution in [1.82, 2.24) is 19.7 Å². The number of hydrogen-bond acceptors (Lipinski definition) is 6. The van der Waals surface area contributed by atoms with Crippen molar-refractivity contribution in [1.29, 1.82) is 0 Å². The van der Waals surface area contributed by atoms with Crippen molar-refractivity contribution >= 4 is 28.0 Å². The van der Waals surface area contributed by atoms with Crippen LogP contribution >= 0.6 is 11.3 Å². The Bertz CT molecular complexity index is 1140. The number of ether oxygens (including phenoxy) is 1. The SMILES string of the molecule is COCCNc1c(-c2ccccc2)nc2sc(C(=O)NCc3cccnc3)c(C)n12. The van der Waals surface area contributed by atoms with E-state index in [4.69, 9.17) is 9.72 Å². The van der Waals surface area contributed by atoms with Crippen LogP contribution < -0.4 is 10.6 Å². The van der Waals surface area contributed by atoms with Crippen LogP contribution in [0.1, 0.15) is 20.9 Å². The van der Waals surface area contributed by atoms with E-state index in [2.05, 4.69) is 15.6 Å². The molecule has 0 saturated carbocycles. The second-order valence-electron chi connectivity index (χ2n) is 6.77. The summed E-state index contributed by atoms with van der Waals surface area (Å²) in [6, 6.07) is 13.8. The van der Waals surface area contributed by atoms with Gasteiger partial charge in [0.05, 0.1) is 6.61 Å². The molecule has 154 valence electrons. The molecule has 1 amide bonds. The van der Waals surface area contributed by atoms with Gasteiger partial charge in [0, 0.05) is 43.9 Å². The van der Waals surface area contributed by atoms with Gasteiger partial charge in [0.1, 0.15) is 16.4 Å². The fourth-order valence-electron chi connectivity index (χ4n) is 3.25. The third kappa shape index (κ3) is 4.05. The zero-order valence-corrected chi connectivity index (χ0v) is 17.7. The number of thiazole rings is 1. The number of nitrogens with zero attached hydrogens (tertiary/aromatic N) is 3. The van der Waals surface area contributed by atoms with Crippen LogP contribution in [0, 0.1) is 6.92 Å². The molecule has 0 saturated heterocycles. The normalized spacial score (nSPS) is 11.0. The molecule has 30 heavy (non-hydrogen) atoms. The summed E-state index contributed by atoms with van der Waals surface area (Å²) in [4.78, 5) is 23.2. The lowest BCUT2D eigenvalue weighted by molar-refractivity contribution is 0.0954. The highest BCUT2D eigenvalue weighted by molar-refractivity contribution is 7.19. The Labute approximate surface area is 178 Å². The number of rotatable bonds is 8. The molecule has 3 heterocycles. The van der Waals surface area contributed by atoms with Gasteiger partial charge < -0.3 is 15.4 Å². The molecule has 7 nitrogen and oxygen atoms in total. The molecule has 0 aliphatic rings. The first-order valence-corrected chi connectivity index (χ1v) is 10.5. The Kier molecular flexibility index (Phi) is 6.06. The highest BCUT2D eigenvalue weighted by Crippen LogP contribution is 2.34. The number of carbonyl (C=O) groups excluding carboxylic acids is 1. The van der Waals surface area contributed by atoms with Crippen LogP contribution in [0.25, 0.3) is 16.2 Å². The van der Waals surface area contributed by atoms with Crippen LogP contribution in [0.4, 0.5) is 5.82 Å². The smallest absolute Gasteiger partial charge is 0.263 e. The summed E-state index contributed by atoms with van der Waals surface area (Å²) in [5.41, 5.74) is 3.70. The Hall–Kier alpha value is -3.23. The van der Waals surface area contributed by atoms with E-state index >= 15 is 0 Å². The number of fused-ring (bicyclic) bond motifs is 1. The van der Waals surface area contributed by atoms with Gasteiger partial charge >= 0.3 is 0 Å². The average molecular weight is 422 g/mol. The lowest BCUT2D eigenvalue weighted by Crippen LogP contribution is -2.22. The summed E-state index contributed by atoms with van der Waals surface area (Å²) in [6.45, 7) is 3.59. The molecular formula is C22H23N5O2S. The van der Waals surface area contributed by atoms with Gasteiger partial charge in [-0.2, -0.15) is 0 Å². The zero-order chi connectivity index (χ0) is 20.9. The number of aryl methyl sites for hydroxylation is 1. The Morgan fingerprint density at radius 3 is 2.77 bits per heavy atom. The fourth-order valence-corrected chi connectivity index (χ4v) is 4.30. The van der Waals surface area contributed by atoms with E-state index in [1.54, 1.807) is 19.5 Å². The van der Waals surface area contributed by atoms with Gasteiger partial charge in [-0.05, 0) is 18.6 Å². The van der Waals surface area contributed by atoms with E-state index in [1.807, 2.05) is 53.8 Å². The van der Waals surface area contributed by atoms with Gasteiger partial charge in [-0.1, -0.05) is 47.7 Å². The Morgan fingerprint density at radius 1 is 1.20 bits per heavy atom. The molecule has 2 N–H and O–H groups in total. The number of anilines is 1. The standard InChI is InChI=1S/C22H23N5O2S/c1-15-19(21(28)25-14-16-7-6-10-23-13-16)30-22-26-18(17-8-4-3-5-9-17)20(27(15)22)24-11-12-29-2/h3-10,13,24H,11-12,14H2,1-2H3,(H,25,28). The summed E-state index contributed by atoms with van der Waals surface area (Å²) >= 11 is 1.39. The second-order valence-corrected chi connectivity index (χ2v) is 7.75. The van der Waals surface area contributed by atoms with Crippen molar-refractivity contribution in [2.45, 2.75) is 13.5 Å². The van der Waals surface area contributed by atoms with E-state index in [-0.39, 0.29) is 5.91 Å². The molecule has 0 radical (unpaired) electrons. The van der Waals surface area contributed by atoms with Crippen LogP contribution in [0.2, 0.25) is 0 Å². The molecule has 4 rings (SSSR count). The van der Waals surface area contributed by atoms with E-state index in [0.29, 0.717) is 24.6 Å². The quantitative estimate of drug-likeness (QED) is 0.424. The fraction of sp³-hybridized carbons (Fsp3) is 0.227. The second kappa shape index (κ2) is 9.06. The third-order valence-electron chi connectivity index (χ3n) is 4.73. The highest BCUT2D eigenvalue weighted by atomic mass is 32.1. The van der Waals surface area contributed by atoms with E-state index in [1.165, 1.54) is 11.3 Å². The minimum atomic E-state index is -0.115.